The molecule has 0 bridgehead atoms. The van der Waals surface area contributed by atoms with E-state index >= 15 is 0 Å². The van der Waals surface area contributed by atoms with Crippen molar-refractivity contribution < 1.29 is 4.79 Å². The number of carbonyl (C=O) groups excluding carboxylic acids is 1. The zero-order chi connectivity index (χ0) is 21.1. The summed E-state index contributed by atoms with van der Waals surface area (Å²) in [5.74, 6) is 1.52. The highest BCUT2D eigenvalue weighted by atomic mass is 32.2. The lowest BCUT2D eigenvalue weighted by atomic mass is 10.2. The van der Waals surface area contributed by atoms with Crippen molar-refractivity contribution in [3.8, 4) is 0 Å². The van der Waals surface area contributed by atoms with Crippen molar-refractivity contribution in [3.05, 3.63) is 32.9 Å². The van der Waals surface area contributed by atoms with Crippen LogP contribution in [0.15, 0.2) is 16.0 Å². The van der Waals surface area contributed by atoms with Crippen LogP contribution in [0, 0.1) is 0 Å². The standard InChI is InChI=1S/C19H25N7O2S2/c1-3-15-23-26-17(28)10-13(20-18(26)30-15)12-29-19-22-21-14(25(19)4-2)11-24-9-7-5-6-8-16(24)27/h10H,3-9,11-12H2,1-2H3. The van der Waals surface area contributed by atoms with E-state index in [2.05, 4.69) is 20.3 Å². The first kappa shape index (κ1) is 21.0. The number of hydrogen-bond acceptors (Lipinski definition) is 8. The predicted molar refractivity (Wildman–Crippen MR) is 116 cm³/mol. The van der Waals surface area contributed by atoms with E-state index in [0.717, 1.165) is 54.8 Å². The highest BCUT2D eigenvalue weighted by molar-refractivity contribution is 7.98. The van der Waals surface area contributed by atoms with Crippen molar-refractivity contribution in [2.24, 2.45) is 0 Å². The van der Waals surface area contributed by atoms with Crippen LogP contribution in [0.4, 0.5) is 0 Å². The Kier molecular flexibility index (Phi) is 6.47. The number of thioether (sulfide) groups is 1. The van der Waals surface area contributed by atoms with Gasteiger partial charge in [-0.25, -0.2) is 4.98 Å². The summed E-state index contributed by atoms with van der Waals surface area (Å²) in [6.45, 7) is 6.04. The molecule has 1 aliphatic heterocycles. The van der Waals surface area contributed by atoms with Gasteiger partial charge in [0, 0.05) is 31.3 Å². The zero-order valence-corrected chi connectivity index (χ0v) is 18.8. The van der Waals surface area contributed by atoms with Gasteiger partial charge in [-0.3, -0.25) is 9.59 Å². The summed E-state index contributed by atoms with van der Waals surface area (Å²) < 4.78 is 3.40. The molecule has 4 rings (SSSR count). The summed E-state index contributed by atoms with van der Waals surface area (Å²) in [7, 11) is 0. The minimum atomic E-state index is -0.163. The second-order valence-corrected chi connectivity index (χ2v) is 9.17. The molecule has 1 amide bonds. The Morgan fingerprint density at radius 3 is 2.83 bits per heavy atom. The molecule has 1 saturated heterocycles. The number of amides is 1. The topological polar surface area (TPSA) is 98.3 Å². The Labute approximate surface area is 182 Å². The van der Waals surface area contributed by atoms with Gasteiger partial charge in [0.2, 0.25) is 10.9 Å². The van der Waals surface area contributed by atoms with E-state index < -0.39 is 0 Å². The lowest BCUT2D eigenvalue weighted by Gasteiger charge is -2.20. The molecule has 0 saturated carbocycles. The van der Waals surface area contributed by atoms with Gasteiger partial charge >= 0.3 is 0 Å². The van der Waals surface area contributed by atoms with Crippen LogP contribution >= 0.6 is 23.1 Å². The largest absolute Gasteiger partial charge is 0.335 e. The van der Waals surface area contributed by atoms with Crippen molar-refractivity contribution in [1.82, 2.24) is 34.3 Å². The Hall–Kier alpha value is -2.27. The molecular weight excluding hydrogens is 422 g/mol. The summed E-state index contributed by atoms with van der Waals surface area (Å²) in [5, 5.41) is 14.6. The van der Waals surface area contributed by atoms with Gasteiger partial charge in [0.1, 0.15) is 5.01 Å². The fourth-order valence-corrected chi connectivity index (χ4v) is 5.26. The first-order valence-corrected chi connectivity index (χ1v) is 12.1. The number of hydrogen-bond donors (Lipinski definition) is 0. The quantitative estimate of drug-likeness (QED) is 0.513. The molecule has 1 fully saturated rings. The van der Waals surface area contributed by atoms with E-state index in [1.165, 1.54) is 33.7 Å². The summed E-state index contributed by atoms with van der Waals surface area (Å²) >= 11 is 2.94. The van der Waals surface area contributed by atoms with Crippen LogP contribution in [0.5, 0.6) is 0 Å². The maximum Gasteiger partial charge on any atom is 0.275 e. The van der Waals surface area contributed by atoms with Crippen LogP contribution in [0.1, 0.15) is 56.1 Å². The molecule has 4 heterocycles. The number of aryl methyl sites for hydroxylation is 1. The first-order valence-electron chi connectivity index (χ1n) is 10.3. The lowest BCUT2D eigenvalue weighted by molar-refractivity contribution is -0.131. The van der Waals surface area contributed by atoms with Gasteiger partial charge in [-0.05, 0) is 26.2 Å². The van der Waals surface area contributed by atoms with Crippen LogP contribution in [0.2, 0.25) is 0 Å². The second kappa shape index (κ2) is 9.25. The molecule has 9 nitrogen and oxygen atoms in total. The number of carbonyl (C=O) groups is 1. The van der Waals surface area contributed by atoms with Crippen LogP contribution in [-0.4, -0.2) is 46.7 Å². The molecule has 11 heteroatoms. The van der Waals surface area contributed by atoms with Gasteiger partial charge in [-0.1, -0.05) is 36.4 Å². The number of aromatic nitrogens is 6. The summed E-state index contributed by atoms with van der Waals surface area (Å²) in [6.07, 6.45) is 4.49. The number of fused-ring (bicyclic) bond motifs is 1. The smallest absolute Gasteiger partial charge is 0.275 e. The molecule has 3 aromatic rings. The molecule has 0 aromatic carbocycles. The molecule has 160 valence electrons. The first-order chi connectivity index (χ1) is 14.6. The van der Waals surface area contributed by atoms with Gasteiger partial charge in [-0.2, -0.15) is 9.61 Å². The molecule has 0 atom stereocenters. The van der Waals surface area contributed by atoms with E-state index in [1.807, 2.05) is 23.3 Å². The van der Waals surface area contributed by atoms with E-state index in [4.69, 9.17) is 0 Å². The van der Waals surface area contributed by atoms with Crippen molar-refractivity contribution in [1.29, 1.82) is 0 Å². The Morgan fingerprint density at radius 2 is 2.03 bits per heavy atom. The summed E-state index contributed by atoms with van der Waals surface area (Å²) in [4.78, 5) is 31.7. The Bertz CT molecular complexity index is 1100. The average Bonchev–Trinajstić information content (AvgIpc) is 3.28. The highest BCUT2D eigenvalue weighted by Gasteiger charge is 2.21. The fraction of sp³-hybridized carbons (Fsp3) is 0.579. The lowest BCUT2D eigenvalue weighted by Crippen LogP contribution is -2.31. The van der Waals surface area contributed by atoms with Gasteiger partial charge in [0.15, 0.2) is 11.0 Å². The predicted octanol–water partition coefficient (Wildman–Crippen LogP) is 2.52. The van der Waals surface area contributed by atoms with Crippen molar-refractivity contribution in [3.63, 3.8) is 0 Å². The highest BCUT2D eigenvalue weighted by Crippen LogP contribution is 2.23. The monoisotopic (exact) mass is 447 g/mol. The van der Waals surface area contributed by atoms with E-state index in [-0.39, 0.29) is 11.5 Å². The molecule has 0 aliphatic carbocycles. The molecule has 30 heavy (non-hydrogen) atoms. The van der Waals surface area contributed by atoms with Crippen LogP contribution in [0.3, 0.4) is 0 Å². The average molecular weight is 448 g/mol. The van der Waals surface area contributed by atoms with Crippen molar-refractivity contribution >= 4 is 34.0 Å². The van der Waals surface area contributed by atoms with Gasteiger partial charge in [0.05, 0.1) is 12.2 Å². The molecule has 1 aliphatic rings. The maximum atomic E-state index is 12.3. The summed E-state index contributed by atoms with van der Waals surface area (Å²) in [6, 6.07) is 1.53. The van der Waals surface area contributed by atoms with Gasteiger partial charge < -0.3 is 9.47 Å². The molecule has 0 radical (unpaired) electrons. The SMILES string of the molecule is CCc1nn2c(=O)cc(CSc3nnc(CN4CCCCCC4=O)n3CC)nc2s1. The second-order valence-electron chi connectivity index (χ2n) is 7.19. The molecule has 0 unspecified atom stereocenters. The Morgan fingerprint density at radius 1 is 1.17 bits per heavy atom. The maximum absolute atomic E-state index is 12.3. The fourth-order valence-electron chi connectivity index (χ4n) is 3.49. The van der Waals surface area contributed by atoms with Crippen LogP contribution in [0.25, 0.3) is 4.96 Å². The zero-order valence-electron chi connectivity index (χ0n) is 17.2. The van der Waals surface area contributed by atoms with Crippen LogP contribution < -0.4 is 5.56 Å². The van der Waals surface area contributed by atoms with Crippen molar-refractivity contribution in [2.75, 3.05) is 6.54 Å². The molecule has 0 spiro atoms. The minimum absolute atomic E-state index is 0.163. The third kappa shape index (κ3) is 4.41. The van der Waals surface area contributed by atoms with E-state index in [9.17, 15) is 9.59 Å². The third-order valence-corrected chi connectivity index (χ3v) is 7.16. The van der Waals surface area contributed by atoms with Gasteiger partial charge in [0.25, 0.3) is 5.56 Å². The summed E-state index contributed by atoms with van der Waals surface area (Å²) in [5.41, 5.74) is 0.537. The van der Waals surface area contributed by atoms with Crippen LogP contribution in [-0.2, 0) is 30.1 Å². The van der Waals surface area contributed by atoms with E-state index in [0.29, 0.717) is 29.4 Å². The number of likely N-dealkylation sites (tertiary alicyclic amines) is 1. The number of nitrogens with zero attached hydrogens (tertiary/aromatic N) is 7. The number of rotatable bonds is 7. The van der Waals surface area contributed by atoms with E-state index in [1.54, 1.807) is 0 Å². The van der Waals surface area contributed by atoms with Crippen molar-refractivity contribution in [2.45, 2.75) is 70.0 Å². The minimum Gasteiger partial charge on any atom is -0.335 e. The van der Waals surface area contributed by atoms with Gasteiger partial charge in [-0.15, -0.1) is 10.2 Å². The Balaban J connectivity index is 1.49. The third-order valence-electron chi connectivity index (χ3n) is 5.10. The molecular formula is C19H25N7O2S2. The normalized spacial score (nSPS) is 15.1. The molecule has 0 N–H and O–H groups in total. The molecule has 3 aromatic heterocycles.